The van der Waals surface area contributed by atoms with Gasteiger partial charge in [0, 0.05) is 6.54 Å². The Morgan fingerprint density at radius 3 is 1.47 bits per heavy atom. The van der Waals surface area contributed by atoms with Gasteiger partial charge < -0.3 is 80.5 Å². The molecule has 0 bridgehead atoms. The van der Waals surface area contributed by atoms with Gasteiger partial charge in [-0.15, -0.1) is 0 Å². The van der Waals surface area contributed by atoms with Gasteiger partial charge in [0.05, 0.1) is 13.2 Å². The lowest BCUT2D eigenvalue weighted by molar-refractivity contribution is -0.376. The van der Waals surface area contributed by atoms with E-state index in [1.165, 1.54) is 0 Å². The molecule has 3 heterocycles. The van der Waals surface area contributed by atoms with Crippen molar-refractivity contribution in [3.05, 3.63) is 0 Å². The number of aliphatic hydroxyl groups is 10. The third-order valence-electron chi connectivity index (χ3n) is 6.14. The molecule has 0 spiro atoms. The number of hydrogen-bond donors (Lipinski definition) is 11. The molecule has 0 aliphatic carbocycles. The lowest BCUT2D eigenvalue weighted by atomic mass is 9.96. The monoisotopic (exact) mass is 503 g/mol. The molecule has 0 saturated carbocycles. The van der Waals surface area contributed by atoms with E-state index in [4.69, 9.17) is 29.4 Å². The highest BCUT2D eigenvalue weighted by atomic mass is 16.7. The SMILES string of the molecule is NC[C@H]1O[C@H](O[C@H]2[C@H](O)[C@@H](O)[C@@H](O[C@H]3[C@H](O)[C@@H](O)[C@@H](O)O[C@@H]3CO)O[C@@H]2CO)[C@H](O)[C@@H](O)[C@@H]1O. The lowest BCUT2D eigenvalue weighted by Gasteiger charge is -2.47. The summed E-state index contributed by atoms with van der Waals surface area (Å²) in [5.41, 5.74) is 5.47. The molecule has 15 atom stereocenters. The molecule has 16 heteroatoms. The molecule has 3 rings (SSSR count). The number of rotatable bonds is 7. The minimum absolute atomic E-state index is 0.241. The summed E-state index contributed by atoms with van der Waals surface area (Å²) >= 11 is 0. The van der Waals surface area contributed by atoms with Crippen molar-refractivity contribution in [1.29, 1.82) is 0 Å². The summed E-state index contributed by atoms with van der Waals surface area (Å²) in [6, 6.07) is 0. The Morgan fingerprint density at radius 1 is 0.529 bits per heavy atom. The second-order valence-electron chi connectivity index (χ2n) is 8.39. The second-order valence-corrected chi connectivity index (χ2v) is 8.39. The molecule has 0 unspecified atom stereocenters. The summed E-state index contributed by atoms with van der Waals surface area (Å²) in [6.07, 6.45) is -24.4. The maximum Gasteiger partial charge on any atom is 0.187 e. The molecule has 200 valence electrons. The molecule has 0 amide bonds. The van der Waals surface area contributed by atoms with Crippen LogP contribution >= 0.6 is 0 Å². The van der Waals surface area contributed by atoms with Gasteiger partial charge in [-0.05, 0) is 0 Å². The van der Waals surface area contributed by atoms with E-state index < -0.39 is 105 Å². The van der Waals surface area contributed by atoms with Crippen molar-refractivity contribution in [3.63, 3.8) is 0 Å². The Kier molecular flexibility index (Phi) is 9.54. The van der Waals surface area contributed by atoms with Crippen molar-refractivity contribution in [1.82, 2.24) is 0 Å². The summed E-state index contributed by atoms with van der Waals surface area (Å²) in [4.78, 5) is 0. The number of aliphatic hydroxyl groups excluding tert-OH is 10. The van der Waals surface area contributed by atoms with Gasteiger partial charge in [-0.1, -0.05) is 0 Å². The van der Waals surface area contributed by atoms with E-state index in [9.17, 15) is 51.1 Å². The molecule has 0 radical (unpaired) electrons. The zero-order chi connectivity index (χ0) is 25.3. The second kappa shape index (κ2) is 11.6. The average molecular weight is 503 g/mol. The minimum Gasteiger partial charge on any atom is -0.394 e. The Balaban J connectivity index is 1.72. The van der Waals surface area contributed by atoms with E-state index >= 15 is 0 Å². The third-order valence-corrected chi connectivity index (χ3v) is 6.14. The average Bonchev–Trinajstić information content (AvgIpc) is 2.83. The van der Waals surface area contributed by atoms with Gasteiger partial charge in [-0.2, -0.15) is 0 Å². The third kappa shape index (κ3) is 5.37. The van der Waals surface area contributed by atoms with Crippen LogP contribution in [0.5, 0.6) is 0 Å². The van der Waals surface area contributed by atoms with Crippen LogP contribution in [-0.4, -0.2) is 163 Å². The van der Waals surface area contributed by atoms with E-state index in [1.807, 2.05) is 0 Å². The van der Waals surface area contributed by atoms with Crippen molar-refractivity contribution in [2.75, 3.05) is 19.8 Å². The highest BCUT2D eigenvalue weighted by Gasteiger charge is 2.53. The van der Waals surface area contributed by atoms with Crippen LogP contribution in [0, 0.1) is 0 Å². The van der Waals surface area contributed by atoms with Crippen LogP contribution in [0.4, 0.5) is 0 Å². The summed E-state index contributed by atoms with van der Waals surface area (Å²) in [5.74, 6) is 0. The molecule has 0 aromatic carbocycles. The molecule has 16 nitrogen and oxygen atoms in total. The fraction of sp³-hybridized carbons (Fsp3) is 1.00. The predicted octanol–water partition coefficient (Wildman–Crippen LogP) is -7.61. The number of nitrogens with two attached hydrogens (primary N) is 1. The first kappa shape index (κ1) is 27.9. The smallest absolute Gasteiger partial charge is 0.187 e. The zero-order valence-corrected chi connectivity index (χ0v) is 17.9. The molecule has 3 aliphatic rings. The molecule has 0 aromatic heterocycles. The standard InChI is InChI=1S/C18H33NO15/c19-1-4-7(22)8(23)12(27)17(31-4)34-15-6(3-21)32-18(13(28)10(15)25)33-14-5(2-20)30-16(29)11(26)9(14)24/h4-18,20-29H,1-3,19H2/t4-,5-,6-,7-,8+,9-,10-,11-,12-,13-,14-,15-,16+,17-,18-/m1/s1. The topological polar surface area (TPSA) is 274 Å². The maximum absolute atomic E-state index is 10.6. The van der Waals surface area contributed by atoms with E-state index in [0.29, 0.717) is 0 Å². The van der Waals surface area contributed by atoms with Gasteiger partial charge >= 0.3 is 0 Å². The van der Waals surface area contributed by atoms with Crippen molar-refractivity contribution < 1.29 is 74.7 Å². The van der Waals surface area contributed by atoms with Gasteiger partial charge in [0.2, 0.25) is 0 Å². The first-order valence-electron chi connectivity index (χ1n) is 10.7. The van der Waals surface area contributed by atoms with E-state index in [0.717, 1.165) is 0 Å². The van der Waals surface area contributed by atoms with Crippen LogP contribution in [0.1, 0.15) is 0 Å². The largest absolute Gasteiger partial charge is 0.394 e. The molecule has 3 saturated heterocycles. The van der Waals surface area contributed by atoms with Crippen molar-refractivity contribution in [2.45, 2.75) is 92.1 Å². The Hall–Kier alpha value is -0.640. The van der Waals surface area contributed by atoms with Crippen LogP contribution in [0.25, 0.3) is 0 Å². The summed E-state index contributed by atoms with van der Waals surface area (Å²) in [5, 5.41) is 100. The minimum atomic E-state index is -1.88. The first-order valence-corrected chi connectivity index (χ1v) is 10.7. The fourth-order valence-electron chi connectivity index (χ4n) is 4.10. The molecule has 3 aliphatic heterocycles. The highest BCUT2D eigenvalue weighted by Crippen LogP contribution is 2.32. The van der Waals surface area contributed by atoms with Crippen molar-refractivity contribution in [3.8, 4) is 0 Å². The molecule has 34 heavy (non-hydrogen) atoms. The van der Waals surface area contributed by atoms with Crippen LogP contribution in [-0.2, 0) is 23.7 Å². The van der Waals surface area contributed by atoms with E-state index in [-0.39, 0.29) is 6.54 Å². The van der Waals surface area contributed by atoms with Crippen LogP contribution in [0.2, 0.25) is 0 Å². The lowest BCUT2D eigenvalue weighted by Crippen LogP contribution is -2.66. The summed E-state index contributed by atoms with van der Waals surface area (Å²) < 4.78 is 26.6. The molecule has 12 N–H and O–H groups in total. The number of ether oxygens (including phenoxy) is 5. The van der Waals surface area contributed by atoms with Gasteiger partial charge in [0.1, 0.15) is 73.2 Å². The number of hydrogen-bond acceptors (Lipinski definition) is 16. The van der Waals surface area contributed by atoms with E-state index in [1.54, 1.807) is 0 Å². The summed E-state index contributed by atoms with van der Waals surface area (Å²) in [7, 11) is 0. The van der Waals surface area contributed by atoms with Gasteiger partial charge in [-0.25, -0.2) is 0 Å². The van der Waals surface area contributed by atoms with Gasteiger partial charge in [0.25, 0.3) is 0 Å². The van der Waals surface area contributed by atoms with E-state index in [2.05, 4.69) is 0 Å². The quantitative estimate of drug-likeness (QED) is 0.154. The van der Waals surface area contributed by atoms with Crippen molar-refractivity contribution in [2.24, 2.45) is 5.73 Å². The molecular weight excluding hydrogens is 470 g/mol. The molecule has 0 aromatic rings. The Labute approximate surface area is 193 Å². The maximum atomic E-state index is 10.6. The Bertz CT molecular complexity index is 640. The Morgan fingerprint density at radius 2 is 0.971 bits per heavy atom. The van der Waals surface area contributed by atoms with Crippen LogP contribution in [0.15, 0.2) is 0 Å². The van der Waals surface area contributed by atoms with Crippen molar-refractivity contribution >= 4 is 0 Å². The first-order chi connectivity index (χ1) is 16.0. The predicted molar refractivity (Wildman–Crippen MR) is 103 cm³/mol. The normalized spacial score (nSPS) is 52.5. The molecule has 3 fully saturated rings. The summed E-state index contributed by atoms with van der Waals surface area (Å²) in [6.45, 7) is -1.79. The van der Waals surface area contributed by atoms with Crippen LogP contribution < -0.4 is 5.73 Å². The fourth-order valence-corrected chi connectivity index (χ4v) is 4.10. The zero-order valence-electron chi connectivity index (χ0n) is 17.9. The molecular formula is C18H33NO15. The van der Waals surface area contributed by atoms with Gasteiger partial charge in [-0.3, -0.25) is 0 Å². The highest BCUT2D eigenvalue weighted by molar-refractivity contribution is 4.96. The van der Waals surface area contributed by atoms with Crippen LogP contribution in [0.3, 0.4) is 0 Å². The van der Waals surface area contributed by atoms with Gasteiger partial charge in [0.15, 0.2) is 18.9 Å².